The lowest BCUT2D eigenvalue weighted by Crippen LogP contribution is -2.43. The van der Waals surface area contributed by atoms with E-state index in [1.54, 1.807) is 18.2 Å². The van der Waals surface area contributed by atoms with Gasteiger partial charge < -0.3 is 9.15 Å². The van der Waals surface area contributed by atoms with Gasteiger partial charge in [-0.25, -0.2) is 0 Å². The van der Waals surface area contributed by atoms with Crippen LogP contribution in [0.4, 0.5) is 0 Å². The number of hydrogen-bond acceptors (Lipinski definition) is 5. The fourth-order valence-corrected chi connectivity index (χ4v) is 2.34. The van der Waals surface area contributed by atoms with Crippen LogP contribution in [-0.2, 0) is 11.3 Å². The molecule has 0 fully saturated rings. The van der Waals surface area contributed by atoms with E-state index in [9.17, 15) is 9.59 Å². The number of benzene rings is 1. The Bertz CT molecular complexity index is 738. The lowest BCUT2D eigenvalue weighted by molar-refractivity contribution is -0.123. The minimum Gasteiger partial charge on any atom is -0.483 e. The molecule has 0 aliphatic heterocycles. The van der Waals surface area contributed by atoms with Gasteiger partial charge in [-0.05, 0) is 43.8 Å². The summed E-state index contributed by atoms with van der Waals surface area (Å²) in [5.74, 6) is 0.498. The Morgan fingerprint density at radius 3 is 2.50 bits per heavy atom. The number of amides is 2. The summed E-state index contributed by atoms with van der Waals surface area (Å²) in [5, 5.41) is 0. The molecule has 2 aromatic rings. The first-order valence-electron chi connectivity index (χ1n) is 8.62. The molecule has 0 aliphatic carbocycles. The lowest BCUT2D eigenvalue weighted by atomic mass is 10.2. The summed E-state index contributed by atoms with van der Waals surface area (Å²) in [6.45, 7) is 8.25. The van der Waals surface area contributed by atoms with Crippen molar-refractivity contribution in [3.63, 3.8) is 0 Å². The third-order valence-electron chi connectivity index (χ3n) is 3.93. The molecular formula is C19H25N3O4. The van der Waals surface area contributed by atoms with E-state index in [1.165, 1.54) is 0 Å². The van der Waals surface area contributed by atoms with E-state index in [0.29, 0.717) is 18.1 Å². The minimum absolute atomic E-state index is 0.146. The third kappa shape index (κ3) is 5.63. The van der Waals surface area contributed by atoms with Crippen LogP contribution in [0.3, 0.4) is 0 Å². The topological polar surface area (TPSA) is 83.8 Å². The molecule has 1 heterocycles. The number of aryl methyl sites for hydroxylation is 1. The van der Waals surface area contributed by atoms with Crippen molar-refractivity contribution in [1.82, 2.24) is 15.8 Å². The summed E-state index contributed by atoms with van der Waals surface area (Å²) >= 11 is 0. The third-order valence-corrected chi connectivity index (χ3v) is 3.93. The molecule has 0 spiro atoms. The highest BCUT2D eigenvalue weighted by Gasteiger charge is 2.13. The zero-order chi connectivity index (χ0) is 18.9. The molecule has 26 heavy (non-hydrogen) atoms. The largest absolute Gasteiger partial charge is 0.483 e. The van der Waals surface area contributed by atoms with Crippen LogP contribution in [0.15, 0.2) is 40.8 Å². The maximum Gasteiger partial charge on any atom is 0.305 e. The Kier molecular flexibility index (Phi) is 7.23. The van der Waals surface area contributed by atoms with Gasteiger partial charge >= 0.3 is 5.91 Å². The van der Waals surface area contributed by atoms with Crippen LogP contribution >= 0.6 is 0 Å². The molecule has 0 unspecified atom stereocenters. The van der Waals surface area contributed by atoms with E-state index in [-0.39, 0.29) is 12.4 Å². The average Bonchev–Trinajstić information content (AvgIpc) is 3.12. The first-order chi connectivity index (χ1) is 12.5. The number of para-hydroxylation sites is 1. The fourth-order valence-electron chi connectivity index (χ4n) is 2.34. The molecule has 0 radical (unpaired) electrons. The van der Waals surface area contributed by atoms with Gasteiger partial charge in [-0.3, -0.25) is 25.3 Å². The molecule has 0 aliphatic rings. The summed E-state index contributed by atoms with van der Waals surface area (Å²) < 4.78 is 10.9. The van der Waals surface area contributed by atoms with Crippen LogP contribution in [0, 0.1) is 6.92 Å². The van der Waals surface area contributed by atoms with Gasteiger partial charge in [-0.2, -0.15) is 0 Å². The molecular weight excluding hydrogens is 334 g/mol. The van der Waals surface area contributed by atoms with Crippen molar-refractivity contribution >= 4 is 11.8 Å². The number of carbonyl (C=O) groups is 2. The minimum atomic E-state index is -0.514. The second-order valence-electron chi connectivity index (χ2n) is 5.78. The van der Waals surface area contributed by atoms with Gasteiger partial charge in [0.25, 0.3) is 5.91 Å². The molecule has 0 saturated carbocycles. The first-order valence-corrected chi connectivity index (χ1v) is 8.62. The Morgan fingerprint density at radius 1 is 1.08 bits per heavy atom. The van der Waals surface area contributed by atoms with Crippen molar-refractivity contribution in [3.05, 3.63) is 53.5 Å². The molecule has 7 nitrogen and oxygen atoms in total. The number of furan rings is 1. The molecule has 0 saturated heterocycles. The number of hydrazine groups is 1. The van der Waals surface area contributed by atoms with Gasteiger partial charge in [0.15, 0.2) is 12.4 Å². The highest BCUT2D eigenvalue weighted by Crippen LogP contribution is 2.15. The normalized spacial score (nSPS) is 10.6. The zero-order valence-corrected chi connectivity index (χ0v) is 15.4. The first kappa shape index (κ1) is 19.5. The van der Waals surface area contributed by atoms with Crippen LogP contribution in [0.2, 0.25) is 0 Å². The predicted octanol–water partition coefficient (Wildman–Crippen LogP) is 2.27. The van der Waals surface area contributed by atoms with Gasteiger partial charge in [0.2, 0.25) is 0 Å². The Morgan fingerprint density at radius 2 is 1.81 bits per heavy atom. The number of nitrogens with one attached hydrogen (secondary N) is 2. The molecule has 0 bridgehead atoms. The quantitative estimate of drug-likeness (QED) is 0.707. The maximum absolute atomic E-state index is 12.0. The standard InChI is InChI=1S/C19H25N3O4/c1-4-22(5-2)12-15-10-11-17(26-15)19(24)21-20-18(23)13-25-16-9-7-6-8-14(16)3/h6-11H,4-5,12-13H2,1-3H3,(H,20,23)(H,21,24). The Balaban J connectivity index is 1.78. The van der Waals surface area contributed by atoms with Crippen molar-refractivity contribution in [1.29, 1.82) is 0 Å². The number of rotatable bonds is 8. The molecule has 140 valence electrons. The van der Waals surface area contributed by atoms with E-state index in [4.69, 9.17) is 9.15 Å². The molecule has 2 rings (SSSR count). The lowest BCUT2D eigenvalue weighted by Gasteiger charge is -2.15. The monoisotopic (exact) mass is 359 g/mol. The molecule has 2 amide bonds. The second kappa shape index (κ2) is 9.62. The highest BCUT2D eigenvalue weighted by molar-refractivity contribution is 5.93. The number of carbonyl (C=O) groups excluding carboxylic acids is 2. The van der Waals surface area contributed by atoms with Gasteiger partial charge in [0, 0.05) is 0 Å². The van der Waals surface area contributed by atoms with Gasteiger partial charge in [-0.1, -0.05) is 32.0 Å². The van der Waals surface area contributed by atoms with Gasteiger partial charge in [0.1, 0.15) is 11.5 Å². The molecule has 0 atom stereocenters. The van der Waals surface area contributed by atoms with E-state index < -0.39 is 11.8 Å². The molecule has 1 aromatic carbocycles. The maximum atomic E-state index is 12.0. The van der Waals surface area contributed by atoms with Gasteiger partial charge in [-0.15, -0.1) is 0 Å². The molecule has 1 aromatic heterocycles. The average molecular weight is 359 g/mol. The smallest absolute Gasteiger partial charge is 0.305 e. The van der Waals surface area contributed by atoms with Crippen molar-refractivity contribution in [3.8, 4) is 5.75 Å². The summed E-state index contributed by atoms with van der Waals surface area (Å²) in [5.41, 5.74) is 5.56. The highest BCUT2D eigenvalue weighted by atomic mass is 16.5. The van der Waals surface area contributed by atoms with Crippen LogP contribution in [0.5, 0.6) is 5.75 Å². The van der Waals surface area contributed by atoms with E-state index in [0.717, 1.165) is 18.7 Å². The van der Waals surface area contributed by atoms with Crippen molar-refractivity contribution < 1.29 is 18.7 Å². The summed E-state index contributed by atoms with van der Waals surface area (Å²) in [4.78, 5) is 26.0. The van der Waals surface area contributed by atoms with Gasteiger partial charge in [0.05, 0.1) is 6.54 Å². The van der Waals surface area contributed by atoms with Crippen molar-refractivity contribution in [2.45, 2.75) is 27.3 Å². The van der Waals surface area contributed by atoms with Crippen molar-refractivity contribution in [2.24, 2.45) is 0 Å². The van der Waals surface area contributed by atoms with Crippen LogP contribution in [-0.4, -0.2) is 36.4 Å². The summed E-state index contributed by atoms with van der Waals surface area (Å²) in [7, 11) is 0. The number of ether oxygens (including phenoxy) is 1. The van der Waals surface area contributed by atoms with Crippen molar-refractivity contribution in [2.75, 3.05) is 19.7 Å². The van der Waals surface area contributed by atoms with E-state index in [2.05, 4.69) is 29.6 Å². The zero-order valence-electron chi connectivity index (χ0n) is 15.4. The predicted molar refractivity (Wildman–Crippen MR) is 97.6 cm³/mol. The molecule has 7 heteroatoms. The second-order valence-corrected chi connectivity index (χ2v) is 5.78. The fraction of sp³-hybridized carbons (Fsp3) is 0.368. The number of hydrogen-bond donors (Lipinski definition) is 2. The van der Waals surface area contributed by atoms with E-state index >= 15 is 0 Å². The van der Waals surface area contributed by atoms with Crippen LogP contribution in [0.25, 0.3) is 0 Å². The van der Waals surface area contributed by atoms with Crippen LogP contribution < -0.4 is 15.6 Å². The van der Waals surface area contributed by atoms with Crippen LogP contribution in [0.1, 0.15) is 35.7 Å². The number of nitrogens with zero attached hydrogens (tertiary/aromatic N) is 1. The van der Waals surface area contributed by atoms with E-state index in [1.807, 2.05) is 25.1 Å². The Hall–Kier alpha value is -2.80. The summed E-state index contributed by atoms with van der Waals surface area (Å²) in [6, 6.07) is 10.7. The Labute approximate surface area is 153 Å². The SMILES string of the molecule is CCN(CC)Cc1ccc(C(=O)NNC(=O)COc2ccccc2C)o1. The summed E-state index contributed by atoms with van der Waals surface area (Å²) in [6.07, 6.45) is 0. The molecule has 2 N–H and O–H groups in total.